The topological polar surface area (TPSA) is 43.7 Å². The third kappa shape index (κ3) is 5.98. The predicted molar refractivity (Wildman–Crippen MR) is 131 cm³/mol. The minimum absolute atomic E-state index is 0.196. The number of nitrogens with zero attached hydrogens (tertiary/aromatic N) is 2. The second-order valence-electron chi connectivity index (χ2n) is 8.82. The van der Waals surface area contributed by atoms with Crippen molar-refractivity contribution in [2.75, 3.05) is 14.2 Å². The normalized spacial score (nSPS) is 14.1. The molecule has 0 bridgehead atoms. The van der Waals surface area contributed by atoms with Gasteiger partial charge in [0.1, 0.15) is 11.5 Å². The Labute approximate surface area is 196 Å². The van der Waals surface area contributed by atoms with Crippen LogP contribution >= 0.6 is 0 Å². The van der Waals surface area contributed by atoms with Gasteiger partial charge in [0.05, 0.1) is 27.2 Å². The Hall–Kier alpha value is -3.21. The Morgan fingerprint density at radius 3 is 2.39 bits per heavy atom. The fraction of sp³-hybridized carbons (Fsp3) is 0.393. The quantitative estimate of drug-likeness (QED) is 0.439. The van der Waals surface area contributed by atoms with Crippen molar-refractivity contribution < 1.29 is 14.3 Å². The fourth-order valence-corrected chi connectivity index (χ4v) is 4.72. The lowest BCUT2D eigenvalue weighted by atomic mass is 9.93. The van der Waals surface area contributed by atoms with Crippen molar-refractivity contribution in [1.82, 2.24) is 9.47 Å². The first kappa shape index (κ1) is 23.0. The highest BCUT2D eigenvalue weighted by Crippen LogP contribution is 2.26. The van der Waals surface area contributed by atoms with E-state index >= 15 is 0 Å². The summed E-state index contributed by atoms with van der Waals surface area (Å²) in [5.74, 6) is 1.87. The second-order valence-corrected chi connectivity index (χ2v) is 8.82. The van der Waals surface area contributed by atoms with Gasteiger partial charge in [-0.1, -0.05) is 43.5 Å². The minimum atomic E-state index is 0.196. The number of hydrogen-bond acceptors (Lipinski definition) is 3. The lowest BCUT2D eigenvalue weighted by molar-refractivity contribution is -0.134. The maximum Gasteiger partial charge on any atom is 0.227 e. The van der Waals surface area contributed by atoms with E-state index in [0.29, 0.717) is 19.0 Å². The summed E-state index contributed by atoms with van der Waals surface area (Å²) in [5.41, 5.74) is 3.36. The number of carbonyl (C=O) groups excluding carboxylic acids is 1. The van der Waals surface area contributed by atoms with Gasteiger partial charge in [0.25, 0.3) is 0 Å². The van der Waals surface area contributed by atoms with Gasteiger partial charge in [0, 0.05) is 24.5 Å². The largest absolute Gasteiger partial charge is 0.497 e. The molecule has 0 N–H and O–H groups in total. The molecular formula is C28H34N2O3. The maximum atomic E-state index is 13.5. The monoisotopic (exact) mass is 446 g/mol. The van der Waals surface area contributed by atoms with Crippen LogP contribution < -0.4 is 9.47 Å². The molecule has 0 saturated heterocycles. The number of amides is 1. The Kier molecular flexibility index (Phi) is 7.71. The predicted octanol–water partition coefficient (Wildman–Crippen LogP) is 5.46. The zero-order chi connectivity index (χ0) is 23.0. The van der Waals surface area contributed by atoms with Crippen molar-refractivity contribution in [2.24, 2.45) is 0 Å². The summed E-state index contributed by atoms with van der Waals surface area (Å²) in [6, 6.07) is 20.5. The molecule has 5 nitrogen and oxygen atoms in total. The number of aromatic nitrogens is 1. The third-order valence-electron chi connectivity index (χ3n) is 6.59. The van der Waals surface area contributed by atoms with E-state index in [0.717, 1.165) is 42.1 Å². The van der Waals surface area contributed by atoms with E-state index in [-0.39, 0.29) is 5.91 Å². The number of ether oxygens (including phenoxy) is 2. The minimum Gasteiger partial charge on any atom is -0.497 e. The van der Waals surface area contributed by atoms with Crippen LogP contribution in [0.25, 0.3) is 0 Å². The van der Waals surface area contributed by atoms with Gasteiger partial charge in [-0.2, -0.15) is 0 Å². The molecule has 1 aliphatic rings. The van der Waals surface area contributed by atoms with E-state index in [1.54, 1.807) is 14.2 Å². The number of rotatable bonds is 9. The molecule has 1 saturated carbocycles. The SMILES string of the molecule is COc1ccc(CC(=O)N(Cc2cccn2Cc2cccc(OC)c2)C2CCCCC2)cc1. The number of methoxy groups -OCH3 is 2. The zero-order valence-corrected chi connectivity index (χ0v) is 19.7. The van der Waals surface area contributed by atoms with Crippen LogP contribution in [0.4, 0.5) is 0 Å². The van der Waals surface area contributed by atoms with E-state index in [9.17, 15) is 4.79 Å². The molecule has 1 amide bonds. The van der Waals surface area contributed by atoms with Crippen LogP contribution in [0, 0.1) is 0 Å². The van der Waals surface area contributed by atoms with Gasteiger partial charge < -0.3 is 18.9 Å². The van der Waals surface area contributed by atoms with E-state index in [1.807, 2.05) is 36.4 Å². The average Bonchev–Trinajstić information content (AvgIpc) is 3.30. The van der Waals surface area contributed by atoms with Gasteiger partial charge >= 0.3 is 0 Å². The second kappa shape index (κ2) is 11.1. The molecule has 2 aromatic carbocycles. The molecular weight excluding hydrogens is 412 g/mol. The summed E-state index contributed by atoms with van der Waals surface area (Å²) in [5, 5.41) is 0. The van der Waals surface area contributed by atoms with Crippen molar-refractivity contribution in [3.63, 3.8) is 0 Å². The van der Waals surface area contributed by atoms with Gasteiger partial charge in [-0.05, 0) is 60.4 Å². The molecule has 0 radical (unpaired) electrons. The van der Waals surface area contributed by atoms with Gasteiger partial charge in [-0.15, -0.1) is 0 Å². The molecule has 1 aromatic heterocycles. The van der Waals surface area contributed by atoms with Crippen LogP contribution in [-0.4, -0.2) is 35.6 Å². The van der Waals surface area contributed by atoms with Crippen molar-refractivity contribution in [3.05, 3.63) is 83.7 Å². The zero-order valence-electron chi connectivity index (χ0n) is 19.7. The van der Waals surface area contributed by atoms with Gasteiger partial charge in [-0.3, -0.25) is 4.79 Å². The fourth-order valence-electron chi connectivity index (χ4n) is 4.72. The molecule has 3 aromatic rings. The van der Waals surface area contributed by atoms with Crippen molar-refractivity contribution in [2.45, 2.75) is 57.7 Å². The van der Waals surface area contributed by atoms with Crippen LogP contribution in [0.1, 0.15) is 48.9 Å². The van der Waals surface area contributed by atoms with Crippen LogP contribution in [0.2, 0.25) is 0 Å². The van der Waals surface area contributed by atoms with Crippen molar-refractivity contribution in [1.29, 1.82) is 0 Å². The molecule has 0 atom stereocenters. The summed E-state index contributed by atoms with van der Waals surface area (Å²) >= 11 is 0. The van der Waals surface area contributed by atoms with Crippen molar-refractivity contribution in [3.8, 4) is 11.5 Å². The molecule has 174 valence electrons. The van der Waals surface area contributed by atoms with Crippen LogP contribution in [0.3, 0.4) is 0 Å². The van der Waals surface area contributed by atoms with Crippen LogP contribution in [0.5, 0.6) is 11.5 Å². The molecule has 1 fully saturated rings. The molecule has 0 spiro atoms. The summed E-state index contributed by atoms with van der Waals surface area (Å²) in [7, 11) is 3.35. The Balaban J connectivity index is 1.52. The summed E-state index contributed by atoms with van der Waals surface area (Å²) in [4.78, 5) is 15.6. The third-order valence-corrected chi connectivity index (χ3v) is 6.59. The summed E-state index contributed by atoms with van der Waals surface area (Å²) in [6.07, 6.45) is 8.35. The standard InChI is InChI=1S/C28H34N2O3/c1-32-26-15-13-22(14-16-26)19-28(31)30(24-9-4-3-5-10-24)21-25-11-7-17-29(25)20-23-8-6-12-27(18-23)33-2/h6-8,11-18,24H,3-5,9-10,19-21H2,1-2H3. The van der Waals surface area contributed by atoms with E-state index < -0.39 is 0 Å². The average molecular weight is 447 g/mol. The lowest BCUT2D eigenvalue weighted by Gasteiger charge is -2.35. The molecule has 1 aliphatic carbocycles. The van der Waals surface area contributed by atoms with Gasteiger partial charge in [0.2, 0.25) is 5.91 Å². The Morgan fingerprint density at radius 1 is 0.909 bits per heavy atom. The van der Waals surface area contributed by atoms with Crippen LogP contribution in [0.15, 0.2) is 66.9 Å². The lowest BCUT2D eigenvalue weighted by Crippen LogP contribution is -2.42. The first-order valence-corrected chi connectivity index (χ1v) is 11.9. The summed E-state index contributed by atoms with van der Waals surface area (Å²) in [6.45, 7) is 1.39. The molecule has 5 heteroatoms. The van der Waals surface area contributed by atoms with E-state index in [1.165, 1.54) is 24.8 Å². The highest BCUT2D eigenvalue weighted by molar-refractivity contribution is 5.79. The highest BCUT2D eigenvalue weighted by atomic mass is 16.5. The van der Waals surface area contributed by atoms with Crippen LogP contribution in [-0.2, 0) is 24.3 Å². The summed E-state index contributed by atoms with van der Waals surface area (Å²) < 4.78 is 12.9. The van der Waals surface area contributed by atoms with Crippen molar-refractivity contribution >= 4 is 5.91 Å². The Bertz CT molecular complexity index is 1040. The van der Waals surface area contributed by atoms with Gasteiger partial charge in [0.15, 0.2) is 0 Å². The molecule has 1 heterocycles. The molecule has 4 rings (SSSR count). The Morgan fingerprint density at radius 2 is 1.67 bits per heavy atom. The number of benzene rings is 2. The number of hydrogen-bond donors (Lipinski definition) is 0. The first-order valence-electron chi connectivity index (χ1n) is 11.9. The van der Waals surface area contributed by atoms with E-state index in [2.05, 4.69) is 39.9 Å². The first-order chi connectivity index (χ1) is 16.2. The highest BCUT2D eigenvalue weighted by Gasteiger charge is 2.26. The van der Waals surface area contributed by atoms with E-state index in [4.69, 9.17) is 9.47 Å². The molecule has 0 aliphatic heterocycles. The smallest absolute Gasteiger partial charge is 0.227 e. The maximum absolute atomic E-state index is 13.5. The molecule has 0 unspecified atom stereocenters. The molecule has 33 heavy (non-hydrogen) atoms. The van der Waals surface area contributed by atoms with Gasteiger partial charge in [-0.25, -0.2) is 0 Å². The number of carbonyl (C=O) groups is 1.